The fourth-order valence-electron chi connectivity index (χ4n) is 4.93. The molecule has 1 fully saturated rings. The molecule has 0 radical (unpaired) electrons. The molecule has 5 rings (SSSR count). The molecule has 0 atom stereocenters. The largest absolute Gasteiger partial charge is 0.340 e. The van der Waals surface area contributed by atoms with Crippen LogP contribution >= 0.6 is 0 Å². The van der Waals surface area contributed by atoms with E-state index < -0.39 is 0 Å². The van der Waals surface area contributed by atoms with Crippen molar-refractivity contribution < 1.29 is 4.79 Å². The van der Waals surface area contributed by atoms with Gasteiger partial charge >= 0.3 is 0 Å². The second-order valence-electron chi connectivity index (χ2n) is 9.02. The van der Waals surface area contributed by atoms with Crippen LogP contribution in [0.3, 0.4) is 0 Å². The van der Waals surface area contributed by atoms with Crippen LogP contribution in [0.2, 0.25) is 0 Å². The van der Waals surface area contributed by atoms with E-state index in [-0.39, 0.29) is 17.5 Å². The maximum Gasteiger partial charge on any atom is 0.258 e. The Kier molecular flexibility index (Phi) is 7.00. The smallest absolute Gasteiger partial charge is 0.258 e. The minimum Gasteiger partial charge on any atom is -0.340 e. The fourth-order valence-corrected chi connectivity index (χ4v) is 4.93. The van der Waals surface area contributed by atoms with Gasteiger partial charge in [-0.15, -0.1) is 0 Å². The Morgan fingerprint density at radius 3 is 2.09 bits per heavy atom. The second kappa shape index (κ2) is 10.7. The molecule has 178 valence electrons. The van der Waals surface area contributed by atoms with Crippen LogP contribution in [0.5, 0.6) is 0 Å². The third kappa shape index (κ3) is 5.33. The van der Waals surface area contributed by atoms with Gasteiger partial charge in [0.25, 0.3) is 5.56 Å². The number of rotatable bonds is 7. The molecule has 0 saturated carbocycles. The summed E-state index contributed by atoms with van der Waals surface area (Å²) in [4.78, 5) is 37.0. The summed E-state index contributed by atoms with van der Waals surface area (Å²) >= 11 is 0. The Morgan fingerprint density at radius 1 is 0.829 bits per heavy atom. The Labute approximate surface area is 205 Å². The summed E-state index contributed by atoms with van der Waals surface area (Å²) in [5, 5.41) is 0.592. The van der Waals surface area contributed by atoms with Crippen LogP contribution in [-0.4, -0.2) is 51.9 Å². The standard InChI is InChI=1S/C29H30N4O2/c34-27(17-9-16-26-30-25-15-8-7-14-24(25)29(35)31-26)32-18-20-33(21-19-32)28(22-10-3-1-4-11-22)23-12-5-2-6-13-23/h1-8,10-15,28H,9,16-21H2,(H,30,31,35). The zero-order chi connectivity index (χ0) is 24.0. The van der Waals surface area contributed by atoms with Crippen molar-refractivity contribution in [1.82, 2.24) is 19.8 Å². The molecule has 1 aliphatic heterocycles. The van der Waals surface area contributed by atoms with E-state index >= 15 is 0 Å². The molecule has 0 unspecified atom stereocenters. The zero-order valence-electron chi connectivity index (χ0n) is 19.8. The van der Waals surface area contributed by atoms with Crippen LogP contribution in [0.25, 0.3) is 10.9 Å². The summed E-state index contributed by atoms with van der Waals surface area (Å²) in [6, 6.07) is 28.7. The number of nitrogens with one attached hydrogen (secondary N) is 1. The summed E-state index contributed by atoms with van der Waals surface area (Å²) in [6.07, 6.45) is 1.70. The first-order valence-corrected chi connectivity index (χ1v) is 12.3. The quantitative estimate of drug-likeness (QED) is 0.444. The third-order valence-corrected chi connectivity index (χ3v) is 6.73. The van der Waals surface area contributed by atoms with Crippen LogP contribution in [0.4, 0.5) is 0 Å². The predicted octanol–water partition coefficient (Wildman–Crippen LogP) is 4.18. The summed E-state index contributed by atoms with van der Waals surface area (Å²) in [5.41, 5.74) is 3.12. The Bertz CT molecular complexity index is 1290. The van der Waals surface area contributed by atoms with E-state index in [1.807, 2.05) is 35.2 Å². The van der Waals surface area contributed by atoms with Crippen LogP contribution in [0.1, 0.15) is 35.8 Å². The van der Waals surface area contributed by atoms with Gasteiger partial charge in [0.2, 0.25) is 5.91 Å². The Balaban J connectivity index is 1.18. The first-order chi connectivity index (χ1) is 17.2. The number of aromatic amines is 1. The summed E-state index contributed by atoms with van der Waals surface area (Å²) in [7, 11) is 0. The lowest BCUT2D eigenvalue weighted by atomic mass is 9.96. The zero-order valence-corrected chi connectivity index (χ0v) is 19.8. The van der Waals surface area contributed by atoms with E-state index in [4.69, 9.17) is 0 Å². The predicted molar refractivity (Wildman–Crippen MR) is 138 cm³/mol. The molecule has 2 heterocycles. The van der Waals surface area contributed by atoms with E-state index in [0.29, 0.717) is 36.0 Å². The van der Waals surface area contributed by atoms with Crippen molar-refractivity contribution in [3.05, 3.63) is 112 Å². The number of carbonyl (C=O) groups excluding carboxylic acids is 1. The molecular weight excluding hydrogens is 436 g/mol. The van der Waals surface area contributed by atoms with Crippen molar-refractivity contribution in [2.45, 2.75) is 25.3 Å². The van der Waals surface area contributed by atoms with Crippen molar-refractivity contribution in [1.29, 1.82) is 0 Å². The van der Waals surface area contributed by atoms with Crippen molar-refractivity contribution in [3.8, 4) is 0 Å². The van der Waals surface area contributed by atoms with Gasteiger partial charge in [-0.25, -0.2) is 4.98 Å². The average Bonchev–Trinajstić information content (AvgIpc) is 2.90. The number of amides is 1. The average molecular weight is 467 g/mol. The van der Waals surface area contributed by atoms with Gasteiger partial charge in [-0.05, 0) is 29.7 Å². The number of H-pyrrole nitrogens is 1. The van der Waals surface area contributed by atoms with Crippen molar-refractivity contribution in [3.63, 3.8) is 0 Å². The molecule has 1 N–H and O–H groups in total. The first kappa shape index (κ1) is 23.0. The van der Waals surface area contributed by atoms with Crippen molar-refractivity contribution in [2.24, 2.45) is 0 Å². The number of aryl methyl sites for hydroxylation is 1. The molecule has 1 amide bonds. The first-order valence-electron chi connectivity index (χ1n) is 12.3. The minimum absolute atomic E-state index is 0.126. The number of nitrogens with zero attached hydrogens (tertiary/aromatic N) is 3. The van der Waals surface area contributed by atoms with E-state index in [9.17, 15) is 9.59 Å². The molecule has 1 aliphatic rings. The van der Waals surface area contributed by atoms with Gasteiger partial charge < -0.3 is 9.88 Å². The number of aromatic nitrogens is 2. The van der Waals surface area contributed by atoms with Gasteiger partial charge in [0.15, 0.2) is 0 Å². The topological polar surface area (TPSA) is 69.3 Å². The Hall–Kier alpha value is -3.77. The van der Waals surface area contributed by atoms with E-state index in [1.54, 1.807) is 6.07 Å². The molecular formula is C29H30N4O2. The number of carbonyl (C=O) groups is 1. The number of fused-ring (bicyclic) bond motifs is 1. The second-order valence-corrected chi connectivity index (χ2v) is 9.02. The van der Waals surface area contributed by atoms with Gasteiger partial charge in [0, 0.05) is 39.0 Å². The van der Waals surface area contributed by atoms with Crippen molar-refractivity contribution in [2.75, 3.05) is 26.2 Å². The molecule has 0 bridgehead atoms. The lowest BCUT2D eigenvalue weighted by Gasteiger charge is -2.40. The highest BCUT2D eigenvalue weighted by Crippen LogP contribution is 2.29. The SMILES string of the molecule is O=C(CCCc1nc2ccccc2c(=O)[nH]1)N1CCN(C(c2ccccc2)c2ccccc2)CC1. The highest BCUT2D eigenvalue weighted by molar-refractivity contribution is 5.77. The highest BCUT2D eigenvalue weighted by Gasteiger charge is 2.27. The molecule has 1 aromatic heterocycles. The number of hydrogen-bond acceptors (Lipinski definition) is 4. The van der Waals surface area contributed by atoms with Gasteiger partial charge in [0.1, 0.15) is 5.82 Å². The van der Waals surface area contributed by atoms with Gasteiger partial charge in [-0.3, -0.25) is 14.5 Å². The maximum atomic E-state index is 12.9. The van der Waals surface area contributed by atoms with Crippen molar-refractivity contribution >= 4 is 16.8 Å². The van der Waals surface area contributed by atoms with E-state index in [0.717, 1.165) is 26.2 Å². The molecule has 35 heavy (non-hydrogen) atoms. The summed E-state index contributed by atoms with van der Waals surface area (Å²) in [5.74, 6) is 0.809. The Morgan fingerprint density at radius 2 is 1.43 bits per heavy atom. The van der Waals surface area contributed by atoms with E-state index in [1.165, 1.54) is 11.1 Å². The molecule has 1 saturated heterocycles. The van der Waals surface area contributed by atoms with Crippen LogP contribution in [0, 0.1) is 0 Å². The lowest BCUT2D eigenvalue weighted by molar-refractivity contribution is -0.133. The minimum atomic E-state index is -0.126. The number of para-hydroxylation sites is 1. The molecule has 6 nitrogen and oxygen atoms in total. The van der Waals surface area contributed by atoms with Crippen LogP contribution in [-0.2, 0) is 11.2 Å². The van der Waals surface area contributed by atoms with Crippen LogP contribution < -0.4 is 5.56 Å². The molecule has 4 aromatic rings. The van der Waals surface area contributed by atoms with Gasteiger partial charge in [-0.1, -0.05) is 72.8 Å². The lowest BCUT2D eigenvalue weighted by Crippen LogP contribution is -2.49. The van der Waals surface area contributed by atoms with Crippen LogP contribution in [0.15, 0.2) is 89.7 Å². The van der Waals surface area contributed by atoms with E-state index in [2.05, 4.69) is 63.4 Å². The molecule has 0 aliphatic carbocycles. The molecule has 3 aromatic carbocycles. The monoisotopic (exact) mass is 466 g/mol. The number of hydrogen-bond donors (Lipinski definition) is 1. The summed E-state index contributed by atoms with van der Waals surface area (Å²) < 4.78 is 0. The third-order valence-electron chi connectivity index (χ3n) is 6.73. The highest BCUT2D eigenvalue weighted by atomic mass is 16.2. The summed E-state index contributed by atoms with van der Waals surface area (Å²) in [6.45, 7) is 3.11. The fraction of sp³-hybridized carbons (Fsp3) is 0.276. The number of piperazine rings is 1. The maximum absolute atomic E-state index is 12.9. The number of benzene rings is 3. The van der Waals surface area contributed by atoms with Gasteiger partial charge in [-0.2, -0.15) is 0 Å². The molecule has 0 spiro atoms. The normalized spacial score (nSPS) is 14.5. The van der Waals surface area contributed by atoms with Gasteiger partial charge in [0.05, 0.1) is 16.9 Å². The molecule has 6 heteroatoms.